The molecule has 1 heterocycles. The summed E-state index contributed by atoms with van der Waals surface area (Å²) in [7, 11) is 1.31. The second-order valence-corrected chi connectivity index (χ2v) is 4.57. The van der Waals surface area contributed by atoms with E-state index >= 15 is 0 Å². The monoisotopic (exact) mass is 291 g/mol. The number of methoxy groups -OCH3 is 1. The Balaban J connectivity index is 2.12. The van der Waals surface area contributed by atoms with Crippen molar-refractivity contribution < 1.29 is 9.53 Å². The smallest absolute Gasteiger partial charge is 0.340 e. The number of nitrogens with one attached hydrogen (secondary N) is 1. The van der Waals surface area contributed by atoms with E-state index in [2.05, 4.69) is 15.0 Å². The van der Waals surface area contributed by atoms with Gasteiger partial charge in [-0.1, -0.05) is 23.7 Å². The summed E-state index contributed by atoms with van der Waals surface area (Å²) < 4.78 is 4.66. The summed E-state index contributed by atoms with van der Waals surface area (Å²) >= 11 is 5.91. The minimum atomic E-state index is -0.490. The van der Waals surface area contributed by atoms with Crippen molar-refractivity contribution in [1.29, 1.82) is 0 Å². The predicted octanol–water partition coefficient (Wildman–Crippen LogP) is 2.72. The molecule has 0 saturated carbocycles. The van der Waals surface area contributed by atoms with Crippen LogP contribution in [-0.2, 0) is 11.3 Å². The molecule has 2 rings (SSSR count). The van der Waals surface area contributed by atoms with E-state index in [4.69, 9.17) is 17.3 Å². The fraction of sp³-hybridized carbons (Fsp3) is 0.143. The van der Waals surface area contributed by atoms with E-state index in [-0.39, 0.29) is 11.3 Å². The van der Waals surface area contributed by atoms with E-state index in [1.54, 1.807) is 6.07 Å². The molecular formula is C14H14ClN3O2. The minimum Gasteiger partial charge on any atom is -0.465 e. The first-order valence-electron chi connectivity index (χ1n) is 5.92. The summed E-state index contributed by atoms with van der Waals surface area (Å²) in [4.78, 5) is 15.6. The number of halogens is 1. The van der Waals surface area contributed by atoms with Crippen molar-refractivity contribution in [3.05, 3.63) is 52.7 Å². The Labute approximate surface area is 121 Å². The van der Waals surface area contributed by atoms with Crippen LogP contribution in [0, 0.1) is 0 Å². The molecule has 1 aromatic carbocycles. The summed E-state index contributed by atoms with van der Waals surface area (Å²) in [5.74, 6) is 0.0512. The highest BCUT2D eigenvalue weighted by molar-refractivity contribution is 6.30. The number of hydrogen-bond acceptors (Lipinski definition) is 5. The number of rotatable bonds is 4. The van der Waals surface area contributed by atoms with E-state index in [1.165, 1.54) is 13.3 Å². The fourth-order valence-electron chi connectivity index (χ4n) is 1.69. The molecule has 20 heavy (non-hydrogen) atoms. The zero-order valence-electron chi connectivity index (χ0n) is 10.9. The molecule has 0 saturated heterocycles. The van der Waals surface area contributed by atoms with Gasteiger partial charge in [-0.25, -0.2) is 9.78 Å². The van der Waals surface area contributed by atoms with Crippen LogP contribution in [0.5, 0.6) is 0 Å². The molecule has 1 aromatic heterocycles. The van der Waals surface area contributed by atoms with Crippen LogP contribution >= 0.6 is 11.6 Å². The molecule has 0 unspecified atom stereocenters. The van der Waals surface area contributed by atoms with Crippen molar-refractivity contribution in [2.45, 2.75) is 6.54 Å². The number of hydrogen-bond donors (Lipinski definition) is 2. The molecule has 3 N–H and O–H groups in total. The number of benzene rings is 1. The molecule has 0 bridgehead atoms. The van der Waals surface area contributed by atoms with Gasteiger partial charge in [0, 0.05) is 11.6 Å². The van der Waals surface area contributed by atoms with Gasteiger partial charge in [0.1, 0.15) is 5.82 Å². The van der Waals surface area contributed by atoms with Gasteiger partial charge in [-0.3, -0.25) is 0 Å². The van der Waals surface area contributed by atoms with Gasteiger partial charge in [-0.15, -0.1) is 0 Å². The number of ether oxygens (including phenoxy) is 1. The summed E-state index contributed by atoms with van der Waals surface area (Å²) in [5.41, 5.74) is 7.27. The number of esters is 1. The highest BCUT2D eigenvalue weighted by Gasteiger charge is 2.11. The van der Waals surface area contributed by atoms with Crippen molar-refractivity contribution in [2.24, 2.45) is 0 Å². The zero-order valence-corrected chi connectivity index (χ0v) is 11.6. The second kappa shape index (κ2) is 6.25. The molecule has 0 amide bonds. The lowest BCUT2D eigenvalue weighted by molar-refractivity contribution is 0.0602. The van der Waals surface area contributed by atoms with Gasteiger partial charge in [0.25, 0.3) is 0 Å². The van der Waals surface area contributed by atoms with Crippen molar-refractivity contribution in [3.8, 4) is 0 Å². The van der Waals surface area contributed by atoms with Crippen molar-refractivity contribution in [2.75, 3.05) is 18.2 Å². The molecule has 5 nitrogen and oxygen atoms in total. The van der Waals surface area contributed by atoms with E-state index < -0.39 is 5.97 Å². The minimum absolute atomic E-state index is 0.283. The molecule has 6 heteroatoms. The van der Waals surface area contributed by atoms with E-state index in [9.17, 15) is 4.79 Å². The van der Waals surface area contributed by atoms with Gasteiger partial charge in [-0.2, -0.15) is 0 Å². The fourth-order valence-corrected chi connectivity index (χ4v) is 1.90. The third-order valence-corrected chi connectivity index (χ3v) is 2.94. The SMILES string of the molecule is COC(=O)c1cc(NCc2cccc(Cl)c2)ncc1N. The Bertz CT molecular complexity index is 632. The quantitative estimate of drug-likeness (QED) is 0.847. The number of carbonyl (C=O) groups excluding carboxylic acids is 1. The molecule has 0 aliphatic rings. The number of pyridine rings is 1. The van der Waals surface area contributed by atoms with E-state index in [0.29, 0.717) is 17.4 Å². The average molecular weight is 292 g/mol. The lowest BCUT2D eigenvalue weighted by atomic mass is 10.2. The summed E-state index contributed by atoms with van der Waals surface area (Å²) in [6.45, 7) is 0.540. The molecule has 0 spiro atoms. The molecule has 0 atom stereocenters. The standard InChI is InChI=1S/C14H14ClN3O2/c1-20-14(19)11-6-13(18-8-12(11)16)17-7-9-3-2-4-10(15)5-9/h2-6,8H,7,16H2,1H3,(H,17,18). The number of nitrogens with two attached hydrogens (primary N) is 1. The van der Waals surface area contributed by atoms with Gasteiger partial charge in [0.05, 0.1) is 24.6 Å². The lowest BCUT2D eigenvalue weighted by Gasteiger charge is -2.09. The third kappa shape index (κ3) is 3.39. The second-order valence-electron chi connectivity index (χ2n) is 4.13. The summed E-state index contributed by atoms with van der Waals surface area (Å²) in [6, 6.07) is 9.04. The summed E-state index contributed by atoms with van der Waals surface area (Å²) in [6.07, 6.45) is 1.42. The Morgan fingerprint density at radius 1 is 1.45 bits per heavy atom. The molecular weight excluding hydrogens is 278 g/mol. The highest BCUT2D eigenvalue weighted by atomic mass is 35.5. The van der Waals surface area contributed by atoms with E-state index in [0.717, 1.165) is 5.56 Å². The Hall–Kier alpha value is -2.27. The topological polar surface area (TPSA) is 77.2 Å². The number of carbonyl (C=O) groups is 1. The van der Waals surface area contributed by atoms with Gasteiger partial charge in [-0.05, 0) is 23.8 Å². The van der Waals surface area contributed by atoms with Crippen LogP contribution in [-0.4, -0.2) is 18.1 Å². The van der Waals surface area contributed by atoms with Gasteiger partial charge < -0.3 is 15.8 Å². The first-order valence-corrected chi connectivity index (χ1v) is 6.30. The molecule has 0 aliphatic heterocycles. The average Bonchev–Trinajstić information content (AvgIpc) is 2.45. The number of nitrogens with zero attached hydrogens (tertiary/aromatic N) is 1. The number of aromatic nitrogens is 1. The van der Waals surface area contributed by atoms with E-state index in [1.807, 2.05) is 24.3 Å². The van der Waals surface area contributed by atoms with Crippen LogP contribution in [0.2, 0.25) is 5.02 Å². The Morgan fingerprint density at radius 3 is 2.95 bits per heavy atom. The Morgan fingerprint density at radius 2 is 2.25 bits per heavy atom. The maximum Gasteiger partial charge on any atom is 0.340 e. The highest BCUT2D eigenvalue weighted by Crippen LogP contribution is 2.17. The lowest BCUT2D eigenvalue weighted by Crippen LogP contribution is -2.08. The maximum atomic E-state index is 11.5. The largest absolute Gasteiger partial charge is 0.465 e. The zero-order chi connectivity index (χ0) is 14.5. The Kier molecular flexibility index (Phi) is 4.42. The van der Waals surface area contributed by atoms with Gasteiger partial charge in [0.2, 0.25) is 0 Å². The first-order chi connectivity index (χ1) is 9.60. The van der Waals surface area contributed by atoms with Crippen molar-refractivity contribution >= 4 is 29.1 Å². The number of anilines is 2. The molecule has 0 radical (unpaired) electrons. The van der Waals surface area contributed by atoms with Gasteiger partial charge >= 0.3 is 5.97 Å². The predicted molar refractivity (Wildman–Crippen MR) is 78.8 cm³/mol. The van der Waals surface area contributed by atoms with Gasteiger partial charge in [0.15, 0.2) is 0 Å². The molecule has 0 aliphatic carbocycles. The number of nitrogen functional groups attached to an aromatic ring is 1. The molecule has 2 aromatic rings. The molecule has 0 fully saturated rings. The van der Waals surface area contributed by atoms with Crippen molar-refractivity contribution in [3.63, 3.8) is 0 Å². The van der Waals surface area contributed by atoms with Crippen LogP contribution in [0.4, 0.5) is 11.5 Å². The normalized spacial score (nSPS) is 10.1. The maximum absolute atomic E-state index is 11.5. The third-order valence-electron chi connectivity index (χ3n) is 2.70. The van der Waals surface area contributed by atoms with Crippen LogP contribution < -0.4 is 11.1 Å². The van der Waals surface area contributed by atoms with Crippen LogP contribution in [0.3, 0.4) is 0 Å². The molecule has 104 valence electrons. The van der Waals surface area contributed by atoms with Crippen LogP contribution in [0.1, 0.15) is 15.9 Å². The summed E-state index contributed by atoms with van der Waals surface area (Å²) in [5, 5.41) is 3.77. The first kappa shape index (κ1) is 14.1. The van der Waals surface area contributed by atoms with Crippen molar-refractivity contribution in [1.82, 2.24) is 4.98 Å². The van der Waals surface area contributed by atoms with Crippen LogP contribution in [0.15, 0.2) is 36.5 Å². The van der Waals surface area contributed by atoms with Crippen LogP contribution in [0.25, 0.3) is 0 Å².